The molecular formula is C15H20N2O2S. The van der Waals surface area contributed by atoms with E-state index >= 15 is 0 Å². The molecule has 108 valence electrons. The summed E-state index contributed by atoms with van der Waals surface area (Å²) in [5, 5.41) is 9.60. The van der Waals surface area contributed by atoms with Gasteiger partial charge < -0.3 is 9.67 Å². The highest BCUT2D eigenvalue weighted by Crippen LogP contribution is 2.25. The Balaban J connectivity index is 2.04. The molecule has 2 aromatic rings. The lowest BCUT2D eigenvalue weighted by atomic mass is 10.1. The summed E-state index contributed by atoms with van der Waals surface area (Å²) >= 11 is 1.70. The average Bonchev–Trinajstić information content (AvgIpc) is 2.67. The third kappa shape index (κ3) is 3.33. The zero-order valence-corrected chi connectivity index (χ0v) is 13.0. The van der Waals surface area contributed by atoms with Crippen molar-refractivity contribution in [2.45, 2.75) is 38.3 Å². The first-order chi connectivity index (χ1) is 9.49. The van der Waals surface area contributed by atoms with Crippen LogP contribution in [0.25, 0.3) is 11.0 Å². The standard InChI is InChI=1S/C15H20N2O2S/c1-10-8-12-13(9-11(10)2)17(3)15(16-12)20-7-5-4-6-14(18)19/h8-9H,4-7H2,1-3H3,(H,18,19). The van der Waals surface area contributed by atoms with E-state index in [1.54, 1.807) is 11.8 Å². The van der Waals surface area contributed by atoms with Gasteiger partial charge in [-0.3, -0.25) is 4.79 Å². The number of hydrogen-bond acceptors (Lipinski definition) is 3. The fraction of sp³-hybridized carbons (Fsp3) is 0.467. The third-order valence-corrected chi connectivity index (χ3v) is 4.59. The second kappa shape index (κ2) is 6.31. The first kappa shape index (κ1) is 14.9. The number of carboxylic acids is 1. The van der Waals surface area contributed by atoms with Gasteiger partial charge in [-0.05, 0) is 49.9 Å². The van der Waals surface area contributed by atoms with E-state index in [1.165, 1.54) is 11.1 Å². The van der Waals surface area contributed by atoms with E-state index in [9.17, 15) is 4.79 Å². The van der Waals surface area contributed by atoms with Gasteiger partial charge in [-0.25, -0.2) is 4.98 Å². The molecule has 1 heterocycles. The first-order valence-corrected chi connectivity index (χ1v) is 7.76. The number of nitrogens with zero attached hydrogens (tertiary/aromatic N) is 2. The van der Waals surface area contributed by atoms with Gasteiger partial charge in [-0.1, -0.05) is 11.8 Å². The number of aryl methyl sites for hydroxylation is 3. The smallest absolute Gasteiger partial charge is 0.303 e. The number of fused-ring (bicyclic) bond motifs is 1. The number of unbranched alkanes of at least 4 members (excludes halogenated alkanes) is 1. The molecule has 0 spiro atoms. The number of hydrogen-bond donors (Lipinski definition) is 1. The maximum Gasteiger partial charge on any atom is 0.303 e. The maximum absolute atomic E-state index is 10.4. The van der Waals surface area contributed by atoms with Crippen LogP contribution >= 0.6 is 11.8 Å². The van der Waals surface area contributed by atoms with Crippen molar-refractivity contribution in [3.63, 3.8) is 0 Å². The van der Waals surface area contributed by atoms with Gasteiger partial charge in [0.15, 0.2) is 5.16 Å². The number of carboxylic acid groups (broad SMARTS) is 1. The van der Waals surface area contributed by atoms with Crippen LogP contribution in [0.1, 0.15) is 30.4 Å². The van der Waals surface area contributed by atoms with Crippen molar-refractivity contribution < 1.29 is 9.90 Å². The predicted octanol–water partition coefficient (Wildman–Crippen LogP) is 3.54. The molecule has 2 rings (SSSR count). The molecule has 5 heteroatoms. The Morgan fingerprint density at radius 3 is 2.70 bits per heavy atom. The van der Waals surface area contributed by atoms with Gasteiger partial charge in [0.1, 0.15) is 0 Å². The van der Waals surface area contributed by atoms with E-state index in [0.717, 1.165) is 34.8 Å². The summed E-state index contributed by atoms with van der Waals surface area (Å²) in [6.07, 6.45) is 1.88. The number of aliphatic carboxylic acids is 1. The second-order valence-electron chi connectivity index (χ2n) is 5.08. The molecule has 0 bridgehead atoms. The lowest BCUT2D eigenvalue weighted by molar-refractivity contribution is -0.137. The summed E-state index contributed by atoms with van der Waals surface area (Å²) in [5.74, 6) is 0.186. The highest BCUT2D eigenvalue weighted by atomic mass is 32.2. The minimum atomic E-state index is -0.719. The predicted molar refractivity (Wildman–Crippen MR) is 82.4 cm³/mol. The Kier molecular flexibility index (Phi) is 4.70. The van der Waals surface area contributed by atoms with Crippen LogP contribution in [0.3, 0.4) is 0 Å². The van der Waals surface area contributed by atoms with Crippen LogP contribution in [-0.4, -0.2) is 26.4 Å². The topological polar surface area (TPSA) is 55.1 Å². The number of rotatable bonds is 6. The summed E-state index contributed by atoms with van der Waals surface area (Å²) in [5.41, 5.74) is 4.72. The van der Waals surface area contributed by atoms with E-state index in [-0.39, 0.29) is 6.42 Å². The van der Waals surface area contributed by atoms with Crippen molar-refractivity contribution in [3.8, 4) is 0 Å². The minimum absolute atomic E-state index is 0.251. The Morgan fingerprint density at radius 2 is 2.00 bits per heavy atom. The molecule has 0 unspecified atom stereocenters. The molecule has 0 saturated carbocycles. The van der Waals surface area contributed by atoms with Crippen molar-refractivity contribution in [3.05, 3.63) is 23.3 Å². The molecular weight excluding hydrogens is 272 g/mol. The summed E-state index contributed by atoms with van der Waals surface area (Å²) < 4.78 is 2.11. The highest BCUT2D eigenvalue weighted by Gasteiger charge is 2.09. The molecule has 1 aromatic carbocycles. The van der Waals surface area contributed by atoms with E-state index in [2.05, 4.69) is 35.5 Å². The van der Waals surface area contributed by atoms with Crippen LogP contribution < -0.4 is 0 Å². The Hall–Kier alpha value is -1.49. The summed E-state index contributed by atoms with van der Waals surface area (Å²) in [6.45, 7) is 4.21. The van der Waals surface area contributed by atoms with Crippen LogP contribution in [0.2, 0.25) is 0 Å². The maximum atomic E-state index is 10.4. The minimum Gasteiger partial charge on any atom is -0.481 e. The Morgan fingerprint density at radius 1 is 1.30 bits per heavy atom. The number of benzene rings is 1. The lowest BCUT2D eigenvalue weighted by Gasteiger charge is -2.03. The zero-order valence-electron chi connectivity index (χ0n) is 12.1. The molecule has 20 heavy (non-hydrogen) atoms. The SMILES string of the molecule is Cc1cc2nc(SCCCCC(=O)O)n(C)c2cc1C. The van der Waals surface area contributed by atoms with Gasteiger partial charge in [0, 0.05) is 19.2 Å². The van der Waals surface area contributed by atoms with E-state index in [0.29, 0.717) is 0 Å². The second-order valence-corrected chi connectivity index (χ2v) is 6.14. The van der Waals surface area contributed by atoms with E-state index in [4.69, 9.17) is 5.11 Å². The molecule has 0 aliphatic carbocycles. The summed E-state index contributed by atoms with van der Waals surface area (Å²) in [4.78, 5) is 15.1. The van der Waals surface area contributed by atoms with Crippen molar-refractivity contribution in [2.24, 2.45) is 7.05 Å². The molecule has 0 fully saturated rings. The quantitative estimate of drug-likeness (QED) is 0.653. The number of thioether (sulfide) groups is 1. The lowest BCUT2D eigenvalue weighted by Crippen LogP contribution is -1.95. The van der Waals surface area contributed by atoms with Crippen LogP contribution in [0.5, 0.6) is 0 Å². The number of carbonyl (C=O) groups is 1. The van der Waals surface area contributed by atoms with Crippen molar-refractivity contribution in [2.75, 3.05) is 5.75 Å². The molecule has 0 atom stereocenters. The van der Waals surface area contributed by atoms with Crippen molar-refractivity contribution in [1.82, 2.24) is 9.55 Å². The first-order valence-electron chi connectivity index (χ1n) is 6.77. The molecule has 0 amide bonds. The molecule has 1 N–H and O–H groups in total. The number of imidazole rings is 1. The van der Waals surface area contributed by atoms with Gasteiger partial charge in [-0.15, -0.1) is 0 Å². The summed E-state index contributed by atoms with van der Waals surface area (Å²) in [7, 11) is 2.03. The van der Waals surface area contributed by atoms with E-state index < -0.39 is 5.97 Å². The molecule has 0 radical (unpaired) electrons. The fourth-order valence-corrected chi connectivity index (χ4v) is 3.08. The van der Waals surface area contributed by atoms with Crippen LogP contribution in [0.15, 0.2) is 17.3 Å². The molecule has 0 aliphatic rings. The van der Waals surface area contributed by atoms with Gasteiger partial charge in [0.2, 0.25) is 0 Å². The largest absolute Gasteiger partial charge is 0.481 e. The number of aromatic nitrogens is 2. The monoisotopic (exact) mass is 292 g/mol. The average molecular weight is 292 g/mol. The molecule has 4 nitrogen and oxygen atoms in total. The van der Waals surface area contributed by atoms with Gasteiger partial charge in [0.05, 0.1) is 11.0 Å². The normalized spacial score (nSPS) is 11.2. The fourth-order valence-electron chi connectivity index (χ4n) is 2.10. The molecule has 1 aromatic heterocycles. The Bertz CT molecular complexity index is 634. The van der Waals surface area contributed by atoms with Crippen LogP contribution in [0, 0.1) is 13.8 Å². The highest BCUT2D eigenvalue weighted by molar-refractivity contribution is 7.99. The van der Waals surface area contributed by atoms with Crippen molar-refractivity contribution >= 4 is 28.8 Å². The van der Waals surface area contributed by atoms with Gasteiger partial charge in [-0.2, -0.15) is 0 Å². The van der Waals surface area contributed by atoms with Gasteiger partial charge in [0.25, 0.3) is 0 Å². The Labute approximate surface area is 123 Å². The third-order valence-electron chi connectivity index (χ3n) is 3.47. The zero-order chi connectivity index (χ0) is 14.7. The van der Waals surface area contributed by atoms with Crippen molar-refractivity contribution in [1.29, 1.82) is 0 Å². The molecule has 0 saturated heterocycles. The molecule has 0 aliphatic heterocycles. The van der Waals surface area contributed by atoms with Crippen LogP contribution in [0.4, 0.5) is 0 Å². The van der Waals surface area contributed by atoms with E-state index in [1.807, 2.05) is 7.05 Å². The summed E-state index contributed by atoms with van der Waals surface area (Å²) in [6, 6.07) is 4.30. The van der Waals surface area contributed by atoms with Crippen LogP contribution in [-0.2, 0) is 11.8 Å². The van der Waals surface area contributed by atoms with Gasteiger partial charge >= 0.3 is 5.97 Å².